The van der Waals surface area contributed by atoms with Crippen LogP contribution in [-0.2, 0) is 4.79 Å². The van der Waals surface area contributed by atoms with Crippen LogP contribution >= 0.6 is 23.2 Å². The summed E-state index contributed by atoms with van der Waals surface area (Å²) in [7, 11) is 0. The minimum absolute atomic E-state index is 0.00167. The molecule has 0 radical (unpaired) electrons. The summed E-state index contributed by atoms with van der Waals surface area (Å²) in [4.78, 5) is 15.7. The highest BCUT2D eigenvalue weighted by atomic mass is 35.5. The number of carbonyl (C=O) groups excluding carboxylic acids is 1. The Morgan fingerprint density at radius 1 is 0.870 bits per heavy atom. The fourth-order valence-corrected chi connectivity index (χ4v) is 2.93. The Kier molecular flexibility index (Phi) is 4.24. The lowest BCUT2D eigenvalue weighted by Gasteiger charge is -2.36. The molecular weight excluding hydrogens is 339 g/mol. The molecule has 120 valence electrons. The van der Waals surface area contributed by atoms with Gasteiger partial charge in [-0.25, -0.2) is 0 Å². The summed E-state index contributed by atoms with van der Waals surface area (Å²) in [5.41, 5.74) is 0.901. The monoisotopic (exact) mass is 352 g/mol. The Bertz CT molecular complexity index is 767. The van der Waals surface area contributed by atoms with Crippen LogP contribution in [-0.4, -0.2) is 35.8 Å². The third-order valence-corrected chi connectivity index (χ3v) is 4.20. The maximum absolute atomic E-state index is 12.5. The fraction of sp³-hybridized carbons (Fsp3) is 0.188. The molecule has 0 unspecified atom stereocenters. The number of piperazine rings is 1. The molecule has 1 aliphatic rings. The minimum atomic E-state index is -0.201. The van der Waals surface area contributed by atoms with Crippen molar-refractivity contribution >= 4 is 40.5 Å². The van der Waals surface area contributed by atoms with Gasteiger partial charge in [0.15, 0.2) is 0 Å². The molecule has 3 rings (SSSR count). The molecule has 0 spiro atoms. The van der Waals surface area contributed by atoms with Gasteiger partial charge < -0.3 is 20.0 Å². The third kappa shape index (κ3) is 3.16. The highest BCUT2D eigenvalue weighted by Gasteiger charge is 2.28. The fourth-order valence-electron chi connectivity index (χ4n) is 2.60. The first-order chi connectivity index (χ1) is 11.0. The number of aromatic hydroxyl groups is 2. The first kappa shape index (κ1) is 15.8. The van der Waals surface area contributed by atoms with Gasteiger partial charge in [0, 0.05) is 23.1 Å². The summed E-state index contributed by atoms with van der Waals surface area (Å²) in [5.74, 6) is -0.128. The van der Waals surface area contributed by atoms with Crippen molar-refractivity contribution in [3.8, 4) is 11.5 Å². The second kappa shape index (κ2) is 6.18. The molecule has 2 aromatic rings. The van der Waals surface area contributed by atoms with Gasteiger partial charge >= 0.3 is 0 Å². The van der Waals surface area contributed by atoms with E-state index in [-0.39, 0.29) is 24.0 Å². The molecule has 1 fully saturated rings. The van der Waals surface area contributed by atoms with Crippen molar-refractivity contribution in [3.05, 3.63) is 46.4 Å². The number of hydrogen-bond donors (Lipinski definition) is 2. The Balaban J connectivity index is 1.84. The van der Waals surface area contributed by atoms with Crippen LogP contribution in [0.3, 0.4) is 0 Å². The van der Waals surface area contributed by atoms with Gasteiger partial charge in [0.1, 0.15) is 11.5 Å². The number of halogens is 2. The zero-order chi connectivity index (χ0) is 16.6. The average molecular weight is 353 g/mol. The standard InChI is InChI=1S/C16H14Cl2N2O3/c17-10-1-3-14(21)12(7-10)19-5-6-20(16(23)9-19)13-8-11(18)2-4-15(13)22/h1-4,7-8,21-22H,5-6,9H2. The first-order valence-electron chi connectivity index (χ1n) is 6.98. The van der Waals surface area contributed by atoms with Crippen molar-refractivity contribution in [3.63, 3.8) is 0 Å². The van der Waals surface area contributed by atoms with E-state index >= 15 is 0 Å². The van der Waals surface area contributed by atoms with E-state index in [9.17, 15) is 15.0 Å². The van der Waals surface area contributed by atoms with Crippen LogP contribution in [0.25, 0.3) is 0 Å². The molecule has 7 heteroatoms. The number of rotatable bonds is 2. The van der Waals surface area contributed by atoms with Crippen LogP contribution in [0.15, 0.2) is 36.4 Å². The average Bonchev–Trinajstić information content (AvgIpc) is 2.52. The van der Waals surface area contributed by atoms with Gasteiger partial charge in [0.05, 0.1) is 17.9 Å². The number of benzene rings is 2. The van der Waals surface area contributed by atoms with E-state index in [0.29, 0.717) is 34.5 Å². The number of nitrogens with zero attached hydrogens (tertiary/aromatic N) is 2. The topological polar surface area (TPSA) is 64.0 Å². The zero-order valence-corrected chi connectivity index (χ0v) is 13.6. The molecule has 23 heavy (non-hydrogen) atoms. The molecule has 0 aliphatic carbocycles. The maximum Gasteiger partial charge on any atom is 0.246 e. The first-order valence-corrected chi connectivity index (χ1v) is 7.73. The highest BCUT2D eigenvalue weighted by Crippen LogP contribution is 2.34. The Hall–Kier alpha value is -2.11. The van der Waals surface area contributed by atoms with Crippen molar-refractivity contribution in [2.24, 2.45) is 0 Å². The normalized spacial score (nSPS) is 15.1. The number of anilines is 2. The molecule has 1 amide bonds. The largest absolute Gasteiger partial charge is 0.506 e. The van der Waals surface area contributed by atoms with E-state index < -0.39 is 0 Å². The molecule has 2 aromatic carbocycles. The summed E-state index contributed by atoms with van der Waals surface area (Å²) in [6, 6.07) is 9.28. The van der Waals surface area contributed by atoms with E-state index in [1.807, 2.05) is 0 Å². The maximum atomic E-state index is 12.5. The Labute approximate surface area is 143 Å². The van der Waals surface area contributed by atoms with Gasteiger partial charge in [-0.3, -0.25) is 4.79 Å². The molecular formula is C16H14Cl2N2O3. The van der Waals surface area contributed by atoms with E-state index in [0.717, 1.165) is 0 Å². The summed E-state index contributed by atoms with van der Waals surface area (Å²) in [6.07, 6.45) is 0. The number of amides is 1. The van der Waals surface area contributed by atoms with Crippen molar-refractivity contribution in [1.82, 2.24) is 0 Å². The molecule has 0 saturated carbocycles. The number of phenolic OH excluding ortho intramolecular Hbond substituents is 2. The smallest absolute Gasteiger partial charge is 0.246 e. The lowest BCUT2D eigenvalue weighted by atomic mass is 10.2. The second-order valence-corrected chi connectivity index (χ2v) is 6.11. The predicted molar refractivity (Wildman–Crippen MR) is 90.8 cm³/mol. The molecule has 0 bridgehead atoms. The third-order valence-electron chi connectivity index (χ3n) is 3.73. The molecule has 5 nitrogen and oxygen atoms in total. The molecule has 2 N–H and O–H groups in total. The Morgan fingerprint density at radius 2 is 1.43 bits per heavy atom. The van der Waals surface area contributed by atoms with Gasteiger partial charge in [0.25, 0.3) is 0 Å². The van der Waals surface area contributed by atoms with Crippen LogP contribution < -0.4 is 9.80 Å². The molecule has 0 atom stereocenters. The quantitative estimate of drug-likeness (QED) is 0.870. The predicted octanol–water partition coefficient (Wildman–Crippen LogP) is 3.26. The SMILES string of the molecule is O=C1CN(c2cc(Cl)ccc2O)CCN1c1cc(Cl)ccc1O. The van der Waals surface area contributed by atoms with Crippen LogP contribution in [0.5, 0.6) is 11.5 Å². The number of carbonyl (C=O) groups is 1. The van der Waals surface area contributed by atoms with Gasteiger partial charge in [0.2, 0.25) is 5.91 Å². The number of phenols is 2. The molecule has 1 heterocycles. The van der Waals surface area contributed by atoms with E-state index in [2.05, 4.69) is 0 Å². The summed E-state index contributed by atoms with van der Waals surface area (Å²) in [6.45, 7) is 0.921. The van der Waals surface area contributed by atoms with Crippen molar-refractivity contribution < 1.29 is 15.0 Å². The molecule has 1 saturated heterocycles. The van der Waals surface area contributed by atoms with Crippen molar-refractivity contribution in [2.75, 3.05) is 29.4 Å². The van der Waals surface area contributed by atoms with E-state index in [4.69, 9.17) is 23.2 Å². The van der Waals surface area contributed by atoms with Crippen molar-refractivity contribution in [1.29, 1.82) is 0 Å². The summed E-state index contributed by atoms with van der Waals surface area (Å²) >= 11 is 11.9. The summed E-state index contributed by atoms with van der Waals surface area (Å²) < 4.78 is 0. The number of hydrogen-bond acceptors (Lipinski definition) is 4. The van der Waals surface area contributed by atoms with E-state index in [1.165, 1.54) is 17.0 Å². The second-order valence-electron chi connectivity index (χ2n) is 5.23. The Morgan fingerprint density at radius 3 is 2.04 bits per heavy atom. The minimum Gasteiger partial charge on any atom is -0.506 e. The van der Waals surface area contributed by atoms with Crippen LogP contribution in [0, 0.1) is 0 Å². The van der Waals surface area contributed by atoms with Crippen LogP contribution in [0.4, 0.5) is 11.4 Å². The molecule has 1 aliphatic heterocycles. The van der Waals surface area contributed by atoms with Gasteiger partial charge in [-0.1, -0.05) is 23.2 Å². The van der Waals surface area contributed by atoms with Crippen LogP contribution in [0.2, 0.25) is 10.0 Å². The van der Waals surface area contributed by atoms with Crippen molar-refractivity contribution in [2.45, 2.75) is 0 Å². The van der Waals surface area contributed by atoms with Gasteiger partial charge in [-0.05, 0) is 36.4 Å². The van der Waals surface area contributed by atoms with Gasteiger partial charge in [-0.2, -0.15) is 0 Å². The lowest BCUT2D eigenvalue weighted by molar-refractivity contribution is -0.117. The van der Waals surface area contributed by atoms with E-state index in [1.54, 1.807) is 29.2 Å². The summed E-state index contributed by atoms with van der Waals surface area (Å²) in [5, 5.41) is 20.8. The van der Waals surface area contributed by atoms with Gasteiger partial charge in [-0.15, -0.1) is 0 Å². The van der Waals surface area contributed by atoms with Crippen LogP contribution in [0.1, 0.15) is 0 Å². The zero-order valence-electron chi connectivity index (χ0n) is 12.0. The lowest BCUT2D eigenvalue weighted by Crippen LogP contribution is -2.50. The highest BCUT2D eigenvalue weighted by molar-refractivity contribution is 6.31. The molecule has 0 aromatic heterocycles.